The minimum atomic E-state index is -4.49. The highest BCUT2D eigenvalue weighted by atomic mass is 35.5. The number of alkyl halides is 3. The molecule has 0 amide bonds. The van der Waals surface area contributed by atoms with E-state index in [1.807, 2.05) is 0 Å². The number of halogens is 4. The van der Waals surface area contributed by atoms with E-state index in [1.54, 1.807) is 12.1 Å². The van der Waals surface area contributed by atoms with Gasteiger partial charge in [0.15, 0.2) is 0 Å². The summed E-state index contributed by atoms with van der Waals surface area (Å²) in [6.45, 7) is 0.299. The van der Waals surface area contributed by atoms with Gasteiger partial charge in [-0.2, -0.15) is 13.2 Å². The SMILES string of the molecule is Oc1cccc(CNc2ccc(Cl)c(C(F)(F)F)c2)c1. The highest BCUT2D eigenvalue weighted by Crippen LogP contribution is 2.36. The van der Waals surface area contributed by atoms with Gasteiger partial charge in [-0.05, 0) is 35.9 Å². The summed E-state index contributed by atoms with van der Waals surface area (Å²) < 4.78 is 38.1. The van der Waals surface area contributed by atoms with Crippen LogP contribution in [0.4, 0.5) is 18.9 Å². The number of nitrogens with one attached hydrogen (secondary N) is 1. The molecule has 0 saturated heterocycles. The van der Waals surface area contributed by atoms with Crippen LogP contribution in [-0.2, 0) is 12.7 Å². The topological polar surface area (TPSA) is 32.3 Å². The fourth-order valence-corrected chi connectivity index (χ4v) is 1.95. The van der Waals surface area contributed by atoms with Gasteiger partial charge in [-0.3, -0.25) is 0 Å². The first kappa shape index (κ1) is 14.5. The molecule has 6 heteroatoms. The zero-order chi connectivity index (χ0) is 14.8. The molecule has 0 spiro atoms. The van der Waals surface area contributed by atoms with Gasteiger partial charge in [0, 0.05) is 12.2 Å². The third-order valence-corrected chi connectivity index (χ3v) is 3.01. The van der Waals surface area contributed by atoms with Crippen LogP contribution in [0.2, 0.25) is 5.02 Å². The van der Waals surface area contributed by atoms with E-state index in [1.165, 1.54) is 24.3 Å². The first-order chi connectivity index (χ1) is 9.36. The summed E-state index contributed by atoms with van der Waals surface area (Å²) in [5.41, 5.74) is 0.193. The maximum Gasteiger partial charge on any atom is 0.417 e. The predicted octanol–water partition coefficient (Wildman–Crippen LogP) is 4.68. The van der Waals surface area contributed by atoms with Crippen molar-refractivity contribution >= 4 is 17.3 Å². The van der Waals surface area contributed by atoms with Gasteiger partial charge in [0.2, 0.25) is 0 Å². The Morgan fingerprint density at radius 3 is 2.50 bits per heavy atom. The standard InChI is InChI=1S/C14H11ClF3NO/c15-13-5-4-10(7-12(13)14(16,17)18)19-8-9-2-1-3-11(20)6-9/h1-7,19-20H,8H2. The lowest BCUT2D eigenvalue weighted by molar-refractivity contribution is -0.137. The molecule has 0 radical (unpaired) electrons. The minimum absolute atomic E-state index is 0.108. The highest BCUT2D eigenvalue weighted by molar-refractivity contribution is 6.31. The Hall–Kier alpha value is -1.88. The lowest BCUT2D eigenvalue weighted by atomic mass is 10.1. The summed E-state index contributed by atoms with van der Waals surface area (Å²) in [4.78, 5) is 0. The number of phenols is 1. The van der Waals surface area contributed by atoms with Crippen molar-refractivity contribution in [3.63, 3.8) is 0 Å². The third-order valence-electron chi connectivity index (χ3n) is 2.68. The van der Waals surface area contributed by atoms with E-state index >= 15 is 0 Å². The van der Waals surface area contributed by atoms with Crippen LogP contribution in [0.25, 0.3) is 0 Å². The molecule has 2 nitrogen and oxygen atoms in total. The van der Waals surface area contributed by atoms with Crippen LogP contribution >= 0.6 is 11.6 Å². The summed E-state index contributed by atoms with van der Waals surface area (Å²) in [7, 11) is 0. The molecule has 0 aromatic heterocycles. The maximum absolute atomic E-state index is 12.7. The van der Waals surface area contributed by atoms with Gasteiger partial charge in [-0.1, -0.05) is 23.7 Å². The van der Waals surface area contributed by atoms with Crippen molar-refractivity contribution in [3.05, 3.63) is 58.6 Å². The van der Waals surface area contributed by atoms with Crippen molar-refractivity contribution in [1.29, 1.82) is 0 Å². The van der Waals surface area contributed by atoms with Crippen molar-refractivity contribution in [1.82, 2.24) is 0 Å². The Kier molecular flexibility index (Phi) is 4.09. The lowest BCUT2D eigenvalue weighted by Gasteiger charge is -2.12. The van der Waals surface area contributed by atoms with E-state index in [0.29, 0.717) is 12.2 Å². The molecule has 0 fully saturated rings. The Balaban J connectivity index is 2.14. The molecule has 0 aliphatic heterocycles. The van der Waals surface area contributed by atoms with Crippen LogP contribution in [0.15, 0.2) is 42.5 Å². The molecule has 2 rings (SSSR count). The molecule has 0 atom stereocenters. The van der Waals surface area contributed by atoms with E-state index in [9.17, 15) is 18.3 Å². The summed E-state index contributed by atoms with van der Waals surface area (Å²) >= 11 is 5.54. The van der Waals surface area contributed by atoms with Crippen LogP contribution < -0.4 is 5.32 Å². The number of hydrogen-bond donors (Lipinski definition) is 2. The number of aromatic hydroxyl groups is 1. The largest absolute Gasteiger partial charge is 0.508 e. The van der Waals surface area contributed by atoms with Crippen LogP contribution in [-0.4, -0.2) is 5.11 Å². The Labute approximate surface area is 118 Å². The molecule has 0 aliphatic rings. The second-order valence-electron chi connectivity index (χ2n) is 4.22. The van der Waals surface area contributed by atoms with Crippen molar-refractivity contribution in [2.24, 2.45) is 0 Å². The molecule has 0 bridgehead atoms. The molecule has 0 saturated carbocycles. The van der Waals surface area contributed by atoms with Crippen LogP contribution in [0.3, 0.4) is 0 Å². The summed E-state index contributed by atoms with van der Waals surface area (Å²) in [5, 5.41) is 11.8. The van der Waals surface area contributed by atoms with Gasteiger partial charge in [-0.25, -0.2) is 0 Å². The Morgan fingerprint density at radius 1 is 1.10 bits per heavy atom. The van der Waals surface area contributed by atoms with Gasteiger partial charge < -0.3 is 10.4 Å². The van der Waals surface area contributed by atoms with Crippen molar-refractivity contribution < 1.29 is 18.3 Å². The molecular formula is C14H11ClF3NO. The van der Waals surface area contributed by atoms with Gasteiger partial charge in [-0.15, -0.1) is 0 Å². The molecule has 106 valence electrons. The second kappa shape index (κ2) is 5.63. The third kappa shape index (κ3) is 3.57. The predicted molar refractivity (Wildman–Crippen MR) is 71.9 cm³/mol. The quantitative estimate of drug-likeness (QED) is 0.863. The second-order valence-corrected chi connectivity index (χ2v) is 4.62. The molecule has 2 N–H and O–H groups in total. The van der Waals surface area contributed by atoms with E-state index in [-0.39, 0.29) is 10.8 Å². The molecular weight excluding hydrogens is 291 g/mol. The molecule has 0 unspecified atom stereocenters. The Bertz CT molecular complexity index is 614. The Morgan fingerprint density at radius 2 is 1.85 bits per heavy atom. The molecule has 0 aliphatic carbocycles. The minimum Gasteiger partial charge on any atom is -0.508 e. The number of hydrogen-bond acceptors (Lipinski definition) is 2. The van der Waals surface area contributed by atoms with Gasteiger partial charge in [0.25, 0.3) is 0 Å². The lowest BCUT2D eigenvalue weighted by Crippen LogP contribution is -2.07. The van der Waals surface area contributed by atoms with Gasteiger partial charge in [0.05, 0.1) is 10.6 Å². The smallest absolute Gasteiger partial charge is 0.417 e. The zero-order valence-corrected chi connectivity index (χ0v) is 11.0. The zero-order valence-electron chi connectivity index (χ0n) is 10.2. The number of phenolic OH excluding ortho intramolecular Hbond substituents is 1. The monoisotopic (exact) mass is 301 g/mol. The van der Waals surface area contributed by atoms with Crippen molar-refractivity contribution in [2.75, 3.05) is 5.32 Å². The van der Waals surface area contributed by atoms with Crippen LogP contribution in [0.5, 0.6) is 5.75 Å². The first-order valence-electron chi connectivity index (χ1n) is 5.75. The van der Waals surface area contributed by atoms with E-state index in [4.69, 9.17) is 11.6 Å². The normalized spacial score (nSPS) is 11.4. The van der Waals surface area contributed by atoms with E-state index in [0.717, 1.165) is 11.6 Å². The maximum atomic E-state index is 12.7. The van der Waals surface area contributed by atoms with E-state index < -0.39 is 11.7 Å². The summed E-state index contributed by atoms with van der Waals surface area (Å²) in [6.07, 6.45) is -4.49. The fraction of sp³-hybridized carbons (Fsp3) is 0.143. The molecule has 20 heavy (non-hydrogen) atoms. The highest BCUT2D eigenvalue weighted by Gasteiger charge is 2.33. The first-order valence-corrected chi connectivity index (χ1v) is 6.12. The van der Waals surface area contributed by atoms with Gasteiger partial charge >= 0.3 is 6.18 Å². The summed E-state index contributed by atoms with van der Waals surface area (Å²) in [6, 6.07) is 10.1. The van der Waals surface area contributed by atoms with Crippen molar-refractivity contribution in [3.8, 4) is 5.75 Å². The number of benzene rings is 2. The van der Waals surface area contributed by atoms with Crippen LogP contribution in [0.1, 0.15) is 11.1 Å². The van der Waals surface area contributed by atoms with E-state index in [2.05, 4.69) is 5.32 Å². The average molecular weight is 302 g/mol. The molecule has 0 heterocycles. The average Bonchev–Trinajstić information content (AvgIpc) is 2.36. The number of rotatable bonds is 3. The molecule has 2 aromatic carbocycles. The summed E-state index contributed by atoms with van der Waals surface area (Å²) in [5.74, 6) is 0.108. The molecule has 2 aromatic rings. The fourth-order valence-electron chi connectivity index (χ4n) is 1.72. The van der Waals surface area contributed by atoms with Gasteiger partial charge in [0.1, 0.15) is 5.75 Å². The van der Waals surface area contributed by atoms with Crippen molar-refractivity contribution in [2.45, 2.75) is 12.7 Å². The van der Waals surface area contributed by atoms with Crippen LogP contribution in [0, 0.1) is 0 Å². The number of anilines is 1.